The Labute approximate surface area is 126 Å². The summed E-state index contributed by atoms with van der Waals surface area (Å²) >= 11 is 0. The van der Waals surface area contributed by atoms with Crippen LogP contribution in [0.15, 0.2) is 0 Å². The van der Waals surface area contributed by atoms with E-state index in [1.165, 1.54) is 57.8 Å². The fourth-order valence-electron chi connectivity index (χ4n) is 2.93. The maximum atomic E-state index is 6.27. The standard InChI is InChI=1S/C18H36O2/c1-3-5-16-19-18(20-17-6-4-2)14-12-10-8-7-9-11-13-15-18/h3-17H2,1-2H3. The molecule has 0 bridgehead atoms. The normalized spacial score (nSPS) is 20.7. The van der Waals surface area contributed by atoms with Gasteiger partial charge in [-0.1, -0.05) is 58.8 Å². The second-order valence-electron chi connectivity index (χ2n) is 6.29. The summed E-state index contributed by atoms with van der Waals surface area (Å²) in [5.41, 5.74) is 0. The lowest BCUT2D eigenvalue weighted by molar-refractivity contribution is -0.247. The van der Waals surface area contributed by atoms with Crippen LogP contribution in [0.5, 0.6) is 0 Å². The van der Waals surface area contributed by atoms with Crippen LogP contribution in [-0.2, 0) is 9.47 Å². The van der Waals surface area contributed by atoms with Crippen molar-refractivity contribution in [3.8, 4) is 0 Å². The predicted octanol–water partition coefficient (Wildman–Crippen LogP) is 5.84. The first-order chi connectivity index (χ1) is 9.83. The highest BCUT2D eigenvalue weighted by Crippen LogP contribution is 2.30. The van der Waals surface area contributed by atoms with Gasteiger partial charge in [0.15, 0.2) is 5.79 Å². The van der Waals surface area contributed by atoms with Crippen LogP contribution in [0.1, 0.15) is 97.3 Å². The molecule has 0 N–H and O–H groups in total. The van der Waals surface area contributed by atoms with Crippen molar-refractivity contribution in [1.29, 1.82) is 0 Å². The highest BCUT2D eigenvalue weighted by Gasteiger charge is 2.31. The zero-order chi connectivity index (χ0) is 14.5. The van der Waals surface area contributed by atoms with Crippen LogP contribution in [0, 0.1) is 0 Å². The highest BCUT2D eigenvalue weighted by atomic mass is 16.7. The van der Waals surface area contributed by atoms with Crippen LogP contribution >= 0.6 is 0 Å². The monoisotopic (exact) mass is 284 g/mol. The van der Waals surface area contributed by atoms with Gasteiger partial charge >= 0.3 is 0 Å². The summed E-state index contributed by atoms with van der Waals surface area (Å²) in [5.74, 6) is -0.262. The lowest BCUT2D eigenvalue weighted by atomic mass is 9.96. The third-order valence-electron chi connectivity index (χ3n) is 4.34. The second kappa shape index (κ2) is 11.6. The van der Waals surface area contributed by atoms with Crippen molar-refractivity contribution < 1.29 is 9.47 Å². The molecule has 120 valence electrons. The van der Waals surface area contributed by atoms with Gasteiger partial charge in [0.05, 0.1) is 13.2 Å². The number of unbranched alkanes of at least 4 members (excludes halogenated alkanes) is 2. The molecule has 0 spiro atoms. The van der Waals surface area contributed by atoms with Gasteiger partial charge in [-0.2, -0.15) is 0 Å². The first kappa shape index (κ1) is 18.0. The van der Waals surface area contributed by atoms with E-state index in [9.17, 15) is 0 Å². The minimum atomic E-state index is -0.262. The van der Waals surface area contributed by atoms with E-state index in [4.69, 9.17) is 9.47 Å². The maximum Gasteiger partial charge on any atom is 0.168 e. The molecule has 0 aromatic heterocycles. The smallest absolute Gasteiger partial charge is 0.168 e. The number of hydrogen-bond donors (Lipinski definition) is 0. The Balaban J connectivity index is 2.53. The molecule has 0 heterocycles. The summed E-state index contributed by atoms with van der Waals surface area (Å²) in [5, 5.41) is 0. The van der Waals surface area contributed by atoms with Crippen molar-refractivity contribution in [2.45, 2.75) is 103 Å². The van der Waals surface area contributed by atoms with Crippen LogP contribution in [0.3, 0.4) is 0 Å². The first-order valence-electron chi connectivity index (χ1n) is 9.11. The summed E-state index contributed by atoms with van der Waals surface area (Å²) in [4.78, 5) is 0. The minimum absolute atomic E-state index is 0.262. The Hall–Kier alpha value is -0.0800. The molecule has 0 aromatic rings. The van der Waals surface area contributed by atoms with Gasteiger partial charge in [-0.25, -0.2) is 0 Å². The summed E-state index contributed by atoms with van der Waals surface area (Å²) in [6.45, 7) is 6.17. The molecule has 0 amide bonds. The Morgan fingerprint density at radius 2 is 1.05 bits per heavy atom. The van der Waals surface area contributed by atoms with E-state index in [0.717, 1.165) is 38.9 Å². The second-order valence-corrected chi connectivity index (χ2v) is 6.29. The molecular formula is C18H36O2. The molecule has 1 fully saturated rings. The van der Waals surface area contributed by atoms with Crippen molar-refractivity contribution >= 4 is 0 Å². The number of hydrogen-bond acceptors (Lipinski definition) is 2. The molecule has 0 atom stereocenters. The van der Waals surface area contributed by atoms with Crippen molar-refractivity contribution in [1.82, 2.24) is 0 Å². The summed E-state index contributed by atoms with van der Waals surface area (Å²) in [6, 6.07) is 0. The van der Waals surface area contributed by atoms with E-state index >= 15 is 0 Å². The molecular weight excluding hydrogens is 248 g/mol. The van der Waals surface area contributed by atoms with Crippen molar-refractivity contribution in [2.24, 2.45) is 0 Å². The zero-order valence-electron chi connectivity index (χ0n) is 13.9. The average molecular weight is 284 g/mol. The maximum absolute atomic E-state index is 6.27. The first-order valence-corrected chi connectivity index (χ1v) is 9.11. The van der Waals surface area contributed by atoms with Gasteiger partial charge < -0.3 is 9.47 Å². The fourth-order valence-corrected chi connectivity index (χ4v) is 2.93. The molecule has 1 rings (SSSR count). The van der Waals surface area contributed by atoms with Gasteiger partial charge in [-0.3, -0.25) is 0 Å². The molecule has 1 aliphatic rings. The zero-order valence-corrected chi connectivity index (χ0v) is 13.9. The van der Waals surface area contributed by atoms with Gasteiger partial charge in [0, 0.05) is 12.8 Å². The van der Waals surface area contributed by atoms with Crippen LogP contribution in [0.25, 0.3) is 0 Å². The lowest BCUT2D eigenvalue weighted by Gasteiger charge is -2.35. The third kappa shape index (κ3) is 7.64. The molecule has 0 aliphatic heterocycles. The lowest BCUT2D eigenvalue weighted by Crippen LogP contribution is -2.37. The molecule has 0 unspecified atom stereocenters. The summed E-state index contributed by atoms with van der Waals surface area (Å²) < 4.78 is 12.5. The fraction of sp³-hybridized carbons (Fsp3) is 1.00. The molecule has 2 heteroatoms. The summed E-state index contributed by atoms with van der Waals surface area (Å²) in [7, 11) is 0. The van der Waals surface area contributed by atoms with Crippen LogP contribution in [0.2, 0.25) is 0 Å². The van der Waals surface area contributed by atoms with Gasteiger partial charge in [-0.05, 0) is 25.7 Å². The van der Waals surface area contributed by atoms with E-state index in [-0.39, 0.29) is 5.79 Å². The van der Waals surface area contributed by atoms with Crippen LogP contribution < -0.4 is 0 Å². The van der Waals surface area contributed by atoms with Gasteiger partial charge in [0.1, 0.15) is 0 Å². The third-order valence-corrected chi connectivity index (χ3v) is 4.34. The van der Waals surface area contributed by atoms with Crippen LogP contribution in [0.4, 0.5) is 0 Å². The Morgan fingerprint density at radius 1 is 0.650 bits per heavy atom. The highest BCUT2D eigenvalue weighted by molar-refractivity contribution is 4.72. The van der Waals surface area contributed by atoms with E-state index < -0.39 is 0 Å². The number of rotatable bonds is 8. The molecule has 1 aliphatic carbocycles. The minimum Gasteiger partial charge on any atom is -0.350 e. The largest absolute Gasteiger partial charge is 0.350 e. The van der Waals surface area contributed by atoms with Crippen molar-refractivity contribution in [2.75, 3.05) is 13.2 Å². The van der Waals surface area contributed by atoms with E-state index in [1.54, 1.807) is 0 Å². The Morgan fingerprint density at radius 3 is 1.45 bits per heavy atom. The van der Waals surface area contributed by atoms with E-state index in [1.807, 2.05) is 0 Å². The quantitative estimate of drug-likeness (QED) is 0.412. The Bertz CT molecular complexity index is 186. The van der Waals surface area contributed by atoms with Crippen LogP contribution in [-0.4, -0.2) is 19.0 Å². The predicted molar refractivity (Wildman–Crippen MR) is 86.0 cm³/mol. The molecule has 2 nitrogen and oxygen atoms in total. The van der Waals surface area contributed by atoms with Gasteiger partial charge in [0.25, 0.3) is 0 Å². The van der Waals surface area contributed by atoms with Crippen molar-refractivity contribution in [3.63, 3.8) is 0 Å². The van der Waals surface area contributed by atoms with Crippen molar-refractivity contribution in [3.05, 3.63) is 0 Å². The molecule has 0 aromatic carbocycles. The van der Waals surface area contributed by atoms with E-state index in [2.05, 4.69) is 13.8 Å². The average Bonchev–Trinajstić information content (AvgIpc) is 2.46. The topological polar surface area (TPSA) is 18.5 Å². The Kier molecular flexibility index (Phi) is 10.4. The molecule has 0 radical (unpaired) electrons. The SMILES string of the molecule is CCCCOC1(OCCCC)CCCCCCCCC1. The van der Waals surface area contributed by atoms with Gasteiger partial charge in [-0.15, -0.1) is 0 Å². The summed E-state index contributed by atoms with van der Waals surface area (Å²) in [6.07, 6.45) is 16.3. The van der Waals surface area contributed by atoms with Gasteiger partial charge in [0.2, 0.25) is 0 Å². The van der Waals surface area contributed by atoms with E-state index in [0.29, 0.717) is 0 Å². The number of ether oxygens (including phenoxy) is 2. The molecule has 1 saturated carbocycles. The molecule has 20 heavy (non-hydrogen) atoms. The molecule has 0 saturated heterocycles.